The molecule has 0 radical (unpaired) electrons. The van der Waals surface area contributed by atoms with Crippen LogP contribution >= 0.6 is 0 Å². The van der Waals surface area contributed by atoms with Crippen LogP contribution in [0.5, 0.6) is 0 Å². The first kappa shape index (κ1) is 14.4. The van der Waals surface area contributed by atoms with Gasteiger partial charge in [0.15, 0.2) is 5.41 Å². The third-order valence-electron chi connectivity index (χ3n) is 5.67. The first-order chi connectivity index (χ1) is 9.62. The van der Waals surface area contributed by atoms with E-state index in [0.29, 0.717) is 0 Å². The van der Waals surface area contributed by atoms with Gasteiger partial charge in [-0.05, 0) is 18.3 Å². The van der Waals surface area contributed by atoms with Crippen molar-refractivity contribution < 1.29 is 32.2 Å². The predicted octanol–water partition coefficient (Wildman–Crippen LogP) is 2.44. The largest absolute Gasteiger partial charge is 0.421 e. The molecule has 6 atom stereocenters. The van der Waals surface area contributed by atoms with E-state index in [1.54, 1.807) is 6.92 Å². The molecule has 0 aromatic heterocycles. The molecule has 3 aliphatic rings. The lowest BCUT2D eigenvalue weighted by molar-refractivity contribution is -0.270. The highest BCUT2D eigenvalue weighted by Crippen LogP contribution is 2.75. The molecule has 0 spiro atoms. The van der Waals surface area contributed by atoms with E-state index < -0.39 is 47.1 Å². The Morgan fingerprint density at radius 1 is 1.43 bits per heavy atom. The van der Waals surface area contributed by atoms with E-state index in [2.05, 4.69) is 6.58 Å². The normalized spacial score (nSPS) is 47.4. The number of rotatable bonds is 2. The number of halogens is 3. The molecule has 4 nitrogen and oxygen atoms in total. The SMILES string of the molecule is C=CC(=O)OC12OC(=O)C3(C(F)(F)F)C(C)C(CC13)C2C. The van der Waals surface area contributed by atoms with Gasteiger partial charge in [0.2, 0.25) is 0 Å². The van der Waals surface area contributed by atoms with Crippen molar-refractivity contribution in [3.63, 3.8) is 0 Å². The topological polar surface area (TPSA) is 52.6 Å². The molecule has 2 aliphatic carbocycles. The van der Waals surface area contributed by atoms with Gasteiger partial charge >= 0.3 is 18.1 Å². The molecule has 0 aromatic carbocycles. The van der Waals surface area contributed by atoms with E-state index in [0.717, 1.165) is 6.08 Å². The molecule has 3 rings (SSSR count). The molecule has 21 heavy (non-hydrogen) atoms. The van der Waals surface area contributed by atoms with Gasteiger partial charge in [-0.25, -0.2) is 4.79 Å². The Kier molecular flexibility index (Phi) is 2.61. The summed E-state index contributed by atoms with van der Waals surface area (Å²) in [6.07, 6.45) is -3.71. The van der Waals surface area contributed by atoms with Crippen LogP contribution in [0.4, 0.5) is 13.2 Å². The van der Waals surface area contributed by atoms with Crippen LogP contribution < -0.4 is 0 Å². The number of carbonyl (C=O) groups is 2. The molecular weight excluding hydrogens is 289 g/mol. The first-order valence-electron chi connectivity index (χ1n) is 6.78. The molecular formula is C14H15F3O4. The van der Waals surface area contributed by atoms with Crippen molar-refractivity contribution in [3.05, 3.63) is 12.7 Å². The lowest BCUT2D eigenvalue weighted by atomic mass is 9.63. The fourth-order valence-corrected chi connectivity index (χ4v) is 4.73. The molecule has 1 aliphatic heterocycles. The molecule has 0 amide bonds. The molecule has 1 heterocycles. The van der Waals surface area contributed by atoms with Crippen LogP contribution in [0.3, 0.4) is 0 Å². The van der Waals surface area contributed by atoms with Gasteiger partial charge in [0.05, 0.1) is 5.92 Å². The highest BCUT2D eigenvalue weighted by Gasteiger charge is 2.88. The quantitative estimate of drug-likeness (QED) is 0.581. The van der Waals surface area contributed by atoms with E-state index >= 15 is 0 Å². The zero-order valence-electron chi connectivity index (χ0n) is 11.6. The Hall–Kier alpha value is -1.53. The van der Waals surface area contributed by atoms with E-state index in [1.807, 2.05) is 0 Å². The van der Waals surface area contributed by atoms with Crippen LogP contribution in [0.1, 0.15) is 20.3 Å². The fourth-order valence-electron chi connectivity index (χ4n) is 4.73. The molecule has 2 bridgehead atoms. The third kappa shape index (κ3) is 1.33. The monoisotopic (exact) mass is 304 g/mol. The van der Waals surface area contributed by atoms with Crippen LogP contribution in [0.25, 0.3) is 0 Å². The summed E-state index contributed by atoms with van der Waals surface area (Å²) in [4.78, 5) is 23.6. The maximum absolute atomic E-state index is 13.7. The Bertz CT molecular complexity index is 543. The lowest BCUT2D eigenvalue weighted by Crippen LogP contribution is -2.56. The number of esters is 2. The van der Waals surface area contributed by atoms with Crippen LogP contribution in [0.15, 0.2) is 12.7 Å². The van der Waals surface area contributed by atoms with Gasteiger partial charge in [0.25, 0.3) is 5.79 Å². The van der Waals surface area contributed by atoms with Crippen molar-refractivity contribution in [2.75, 3.05) is 0 Å². The first-order valence-corrected chi connectivity index (χ1v) is 6.78. The Balaban J connectivity index is 2.14. The minimum absolute atomic E-state index is 0.165. The van der Waals surface area contributed by atoms with E-state index in [-0.39, 0.29) is 12.3 Å². The van der Waals surface area contributed by atoms with Crippen molar-refractivity contribution in [1.82, 2.24) is 0 Å². The Morgan fingerprint density at radius 2 is 2.05 bits per heavy atom. The van der Waals surface area contributed by atoms with Gasteiger partial charge in [-0.15, -0.1) is 0 Å². The standard InChI is InChI=1S/C14H15F3O4/c1-4-10(18)20-13-7(3)8-5-9(13)12(6(8)2,11(19)21-13)14(15,16)17/h4,6-9H,1,5H2,2-3H3. The summed E-state index contributed by atoms with van der Waals surface area (Å²) in [5, 5.41) is 0. The summed E-state index contributed by atoms with van der Waals surface area (Å²) >= 11 is 0. The average molecular weight is 304 g/mol. The molecule has 3 fully saturated rings. The summed E-state index contributed by atoms with van der Waals surface area (Å²) < 4.78 is 51.2. The zero-order valence-corrected chi connectivity index (χ0v) is 11.6. The minimum Gasteiger partial charge on any atom is -0.421 e. The molecule has 116 valence electrons. The highest BCUT2D eigenvalue weighted by atomic mass is 19.4. The second-order valence-corrected chi connectivity index (χ2v) is 6.13. The second-order valence-electron chi connectivity index (χ2n) is 6.13. The summed E-state index contributed by atoms with van der Waals surface area (Å²) in [6, 6.07) is 0. The van der Waals surface area contributed by atoms with Gasteiger partial charge in [-0.2, -0.15) is 13.2 Å². The summed E-state index contributed by atoms with van der Waals surface area (Å²) in [6.45, 7) is 6.33. The van der Waals surface area contributed by atoms with Crippen molar-refractivity contribution in [2.24, 2.45) is 29.1 Å². The fraction of sp³-hybridized carbons (Fsp3) is 0.714. The number of ether oxygens (including phenoxy) is 2. The molecule has 6 unspecified atom stereocenters. The number of carbonyl (C=O) groups excluding carboxylic acids is 2. The van der Waals surface area contributed by atoms with E-state index in [9.17, 15) is 22.8 Å². The number of fused-ring (bicyclic) bond motifs is 1. The molecule has 0 aromatic rings. The Morgan fingerprint density at radius 3 is 2.52 bits per heavy atom. The lowest BCUT2D eigenvalue weighted by Gasteiger charge is -2.42. The second kappa shape index (κ2) is 3.81. The highest BCUT2D eigenvalue weighted by molar-refractivity contribution is 5.86. The van der Waals surface area contributed by atoms with Crippen LogP contribution in [-0.4, -0.2) is 23.9 Å². The van der Waals surface area contributed by atoms with Crippen LogP contribution in [-0.2, 0) is 19.1 Å². The number of hydrogen-bond acceptors (Lipinski definition) is 4. The summed E-state index contributed by atoms with van der Waals surface area (Å²) in [7, 11) is 0. The number of hydrogen-bond donors (Lipinski definition) is 0. The average Bonchev–Trinajstić information content (AvgIpc) is 2.90. The minimum atomic E-state index is -4.73. The van der Waals surface area contributed by atoms with E-state index in [1.165, 1.54) is 6.92 Å². The summed E-state index contributed by atoms with van der Waals surface area (Å²) in [5.74, 6) is -6.93. The molecule has 2 saturated carbocycles. The smallest absolute Gasteiger partial charge is 0.405 e. The van der Waals surface area contributed by atoms with E-state index in [4.69, 9.17) is 9.47 Å². The van der Waals surface area contributed by atoms with Gasteiger partial charge < -0.3 is 9.47 Å². The van der Waals surface area contributed by atoms with Gasteiger partial charge in [-0.1, -0.05) is 20.4 Å². The zero-order chi connectivity index (χ0) is 15.8. The van der Waals surface area contributed by atoms with Crippen LogP contribution in [0, 0.1) is 29.1 Å². The number of alkyl halides is 3. The Labute approximate surface area is 119 Å². The van der Waals surface area contributed by atoms with Crippen molar-refractivity contribution in [1.29, 1.82) is 0 Å². The van der Waals surface area contributed by atoms with Crippen molar-refractivity contribution >= 4 is 11.9 Å². The van der Waals surface area contributed by atoms with Gasteiger partial charge in [0, 0.05) is 12.0 Å². The molecule has 7 heteroatoms. The predicted molar refractivity (Wildman–Crippen MR) is 63.5 cm³/mol. The van der Waals surface area contributed by atoms with Crippen molar-refractivity contribution in [3.8, 4) is 0 Å². The third-order valence-corrected chi connectivity index (χ3v) is 5.67. The van der Waals surface area contributed by atoms with Gasteiger partial charge in [-0.3, -0.25) is 4.79 Å². The van der Waals surface area contributed by atoms with Crippen LogP contribution in [0.2, 0.25) is 0 Å². The maximum atomic E-state index is 13.7. The molecule has 1 saturated heterocycles. The van der Waals surface area contributed by atoms with Gasteiger partial charge in [0.1, 0.15) is 0 Å². The molecule has 0 N–H and O–H groups in total. The van der Waals surface area contributed by atoms with Crippen molar-refractivity contribution in [2.45, 2.75) is 32.2 Å². The maximum Gasteiger partial charge on any atom is 0.405 e. The summed E-state index contributed by atoms with van der Waals surface area (Å²) in [5.41, 5.74) is -2.56.